The standard InChI is InChI=1S/C36H42N4O6S/c1-39(2)47(42,43)38-35(41)23-11-14-27-31(17-23)40-21-36(37-30-16-13-25(45-4)19-32(30)46-5)20-29(36)28-18-24(44-3)12-15-26(28)34(40)33(27)22-9-7-6-8-10-22/h11-19,22,29,37H,6-10,20-21H2,1-5H3,(H,38,41). The molecule has 2 saturated carbocycles. The quantitative estimate of drug-likeness (QED) is 0.218. The zero-order chi connectivity index (χ0) is 33.1. The lowest BCUT2D eigenvalue weighted by Crippen LogP contribution is -2.39. The second-order valence-corrected chi connectivity index (χ2v) is 15.1. The Morgan fingerprint density at radius 1 is 0.915 bits per heavy atom. The van der Waals surface area contributed by atoms with E-state index in [0.29, 0.717) is 29.5 Å². The number of aromatic nitrogens is 1. The maximum atomic E-state index is 13.3. The molecule has 3 aliphatic rings. The third-order valence-electron chi connectivity index (χ3n) is 10.3. The second kappa shape index (κ2) is 11.8. The summed E-state index contributed by atoms with van der Waals surface area (Å²) in [5.41, 5.74) is 6.65. The number of carbonyl (C=O) groups is 1. The minimum absolute atomic E-state index is 0.199. The number of anilines is 1. The number of rotatable bonds is 9. The molecule has 7 rings (SSSR count). The molecule has 2 aliphatic carbocycles. The van der Waals surface area contributed by atoms with Crippen molar-refractivity contribution in [1.82, 2.24) is 13.6 Å². The highest BCUT2D eigenvalue weighted by molar-refractivity contribution is 7.87. The van der Waals surface area contributed by atoms with Crippen LogP contribution >= 0.6 is 0 Å². The molecular formula is C36H42N4O6S. The van der Waals surface area contributed by atoms with Gasteiger partial charge in [0, 0.05) is 54.7 Å². The molecule has 2 atom stereocenters. The Bertz CT molecular complexity index is 1980. The zero-order valence-electron chi connectivity index (χ0n) is 27.6. The fraction of sp³-hybridized carbons (Fsp3) is 0.417. The number of amides is 1. The number of hydrogen-bond donors (Lipinski definition) is 2. The number of fused-ring (bicyclic) bond motifs is 7. The van der Waals surface area contributed by atoms with Crippen molar-refractivity contribution in [2.45, 2.75) is 62.4 Å². The van der Waals surface area contributed by atoms with Crippen molar-refractivity contribution in [3.8, 4) is 28.5 Å². The number of hydrogen-bond acceptors (Lipinski definition) is 7. The van der Waals surface area contributed by atoms with Crippen LogP contribution in [-0.4, -0.2) is 64.2 Å². The summed E-state index contributed by atoms with van der Waals surface area (Å²) in [6.07, 6.45) is 6.71. The lowest BCUT2D eigenvalue weighted by Gasteiger charge is -2.25. The van der Waals surface area contributed by atoms with Crippen LogP contribution in [0.3, 0.4) is 0 Å². The van der Waals surface area contributed by atoms with E-state index in [-0.39, 0.29) is 11.5 Å². The van der Waals surface area contributed by atoms with Gasteiger partial charge in [-0.2, -0.15) is 12.7 Å². The molecule has 1 aromatic heterocycles. The molecule has 10 nitrogen and oxygen atoms in total. The molecule has 2 unspecified atom stereocenters. The highest BCUT2D eigenvalue weighted by atomic mass is 32.2. The van der Waals surface area contributed by atoms with Gasteiger partial charge in [-0.15, -0.1) is 0 Å². The van der Waals surface area contributed by atoms with E-state index < -0.39 is 16.1 Å². The van der Waals surface area contributed by atoms with Crippen molar-refractivity contribution in [3.63, 3.8) is 0 Å². The Kier molecular flexibility index (Phi) is 7.87. The molecule has 3 aromatic carbocycles. The SMILES string of the molecule is COc1ccc(NC23CC2c2cc(OC)ccc2-c2c(C4CCCCC4)c4ccc(C(=O)NS(=O)(=O)N(C)C)cc4n2C3)c(OC)c1. The smallest absolute Gasteiger partial charge is 0.303 e. The number of ether oxygens (including phenoxy) is 3. The largest absolute Gasteiger partial charge is 0.497 e. The molecule has 1 aliphatic heterocycles. The van der Waals surface area contributed by atoms with Gasteiger partial charge < -0.3 is 24.1 Å². The van der Waals surface area contributed by atoms with Gasteiger partial charge >= 0.3 is 10.2 Å². The van der Waals surface area contributed by atoms with E-state index in [2.05, 4.69) is 26.7 Å². The van der Waals surface area contributed by atoms with Crippen molar-refractivity contribution >= 4 is 32.7 Å². The van der Waals surface area contributed by atoms with Gasteiger partial charge in [-0.25, -0.2) is 4.72 Å². The van der Waals surface area contributed by atoms with Crippen LogP contribution < -0.4 is 24.2 Å². The van der Waals surface area contributed by atoms with E-state index in [9.17, 15) is 13.2 Å². The molecule has 0 saturated heterocycles. The molecule has 4 aromatic rings. The van der Waals surface area contributed by atoms with Crippen LogP contribution in [0.2, 0.25) is 0 Å². The van der Waals surface area contributed by atoms with Crippen molar-refractivity contribution in [2.24, 2.45) is 0 Å². The molecule has 2 N–H and O–H groups in total. The topological polar surface area (TPSA) is 111 Å². The Morgan fingerprint density at radius 2 is 1.64 bits per heavy atom. The fourth-order valence-corrected chi connectivity index (χ4v) is 8.27. The van der Waals surface area contributed by atoms with Crippen LogP contribution in [0.25, 0.3) is 22.2 Å². The molecule has 2 fully saturated rings. The van der Waals surface area contributed by atoms with Crippen LogP contribution in [0.4, 0.5) is 5.69 Å². The maximum absolute atomic E-state index is 13.3. The average molecular weight is 659 g/mol. The van der Waals surface area contributed by atoms with Crippen LogP contribution in [0.1, 0.15) is 71.8 Å². The summed E-state index contributed by atoms with van der Waals surface area (Å²) in [5, 5.41) is 5.00. The monoisotopic (exact) mass is 658 g/mol. The van der Waals surface area contributed by atoms with Crippen LogP contribution in [0, 0.1) is 0 Å². The van der Waals surface area contributed by atoms with Gasteiger partial charge in [0.25, 0.3) is 5.91 Å². The number of nitrogens with one attached hydrogen (secondary N) is 2. The summed E-state index contributed by atoms with van der Waals surface area (Å²) in [5.74, 6) is 2.15. The Morgan fingerprint density at radius 3 is 2.34 bits per heavy atom. The molecule has 0 spiro atoms. The van der Waals surface area contributed by atoms with Gasteiger partial charge in [0.15, 0.2) is 0 Å². The van der Waals surface area contributed by atoms with Crippen LogP contribution in [0.15, 0.2) is 54.6 Å². The van der Waals surface area contributed by atoms with Crippen molar-refractivity contribution in [3.05, 3.63) is 71.3 Å². The van der Waals surface area contributed by atoms with Crippen molar-refractivity contribution in [1.29, 1.82) is 0 Å². The first-order valence-corrected chi connectivity index (χ1v) is 17.6. The Labute approximate surface area is 276 Å². The fourth-order valence-electron chi connectivity index (χ4n) is 7.73. The molecular weight excluding hydrogens is 616 g/mol. The van der Waals surface area contributed by atoms with Gasteiger partial charge in [0.05, 0.1) is 38.2 Å². The number of nitrogens with zero attached hydrogens (tertiary/aromatic N) is 2. The van der Waals surface area contributed by atoms with Gasteiger partial charge in [-0.05, 0) is 78.8 Å². The highest BCUT2D eigenvalue weighted by Crippen LogP contribution is 2.61. The first-order chi connectivity index (χ1) is 22.6. The predicted molar refractivity (Wildman–Crippen MR) is 183 cm³/mol. The number of carbonyl (C=O) groups excluding carboxylic acids is 1. The van der Waals surface area contributed by atoms with Gasteiger partial charge in [0.2, 0.25) is 0 Å². The van der Waals surface area contributed by atoms with E-state index >= 15 is 0 Å². The van der Waals surface area contributed by atoms with Crippen LogP contribution in [0.5, 0.6) is 17.2 Å². The third kappa shape index (κ3) is 5.39. The molecule has 11 heteroatoms. The van der Waals surface area contributed by atoms with Crippen molar-refractivity contribution in [2.75, 3.05) is 40.7 Å². The lowest BCUT2D eigenvalue weighted by molar-refractivity contribution is 0.0979. The van der Waals surface area contributed by atoms with E-state index in [4.69, 9.17) is 14.2 Å². The number of methoxy groups -OCH3 is 3. The Balaban J connectivity index is 1.43. The van der Waals surface area contributed by atoms with Gasteiger partial charge in [0.1, 0.15) is 17.2 Å². The lowest BCUT2D eigenvalue weighted by atomic mass is 9.81. The van der Waals surface area contributed by atoms with Crippen molar-refractivity contribution < 1.29 is 27.4 Å². The summed E-state index contributed by atoms with van der Waals surface area (Å²) in [6.45, 7) is 0.642. The maximum Gasteiger partial charge on any atom is 0.303 e. The molecule has 248 valence electrons. The van der Waals surface area contributed by atoms with E-state index in [1.54, 1.807) is 27.4 Å². The molecule has 0 bridgehead atoms. The highest BCUT2D eigenvalue weighted by Gasteiger charge is 2.58. The summed E-state index contributed by atoms with van der Waals surface area (Å²) in [6, 6.07) is 17.8. The van der Waals surface area contributed by atoms with E-state index in [1.165, 1.54) is 55.7 Å². The third-order valence-corrected chi connectivity index (χ3v) is 11.7. The summed E-state index contributed by atoms with van der Waals surface area (Å²) in [7, 11) is 3.83. The summed E-state index contributed by atoms with van der Waals surface area (Å²) >= 11 is 0. The van der Waals surface area contributed by atoms with Gasteiger partial charge in [-0.1, -0.05) is 25.3 Å². The average Bonchev–Trinajstić information content (AvgIpc) is 3.71. The first kappa shape index (κ1) is 31.4. The molecule has 47 heavy (non-hydrogen) atoms. The first-order valence-electron chi connectivity index (χ1n) is 16.2. The molecule has 2 heterocycles. The van der Waals surface area contributed by atoms with E-state index in [0.717, 1.165) is 45.9 Å². The second-order valence-electron chi connectivity index (χ2n) is 13.2. The van der Waals surface area contributed by atoms with E-state index in [1.807, 2.05) is 36.4 Å². The van der Waals surface area contributed by atoms with Gasteiger partial charge in [-0.3, -0.25) is 4.79 Å². The minimum atomic E-state index is -3.95. The summed E-state index contributed by atoms with van der Waals surface area (Å²) < 4.78 is 47.7. The number of benzene rings is 3. The molecule has 1 amide bonds. The zero-order valence-corrected chi connectivity index (χ0v) is 28.4. The summed E-state index contributed by atoms with van der Waals surface area (Å²) in [4.78, 5) is 13.3. The Hall–Kier alpha value is -4.22. The normalized spacial score (nSPS) is 20.5. The predicted octanol–water partition coefficient (Wildman–Crippen LogP) is 6.27. The molecule has 0 radical (unpaired) electrons. The van der Waals surface area contributed by atoms with Crippen LogP contribution in [-0.2, 0) is 16.8 Å². The minimum Gasteiger partial charge on any atom is -0.497 e.